The summed E-state index contributed by atoms with van der Waals surface area (Å²) >= 11 is 0. The number of hydrogen-bond donors (Lipinski definition) is 1. The summed E-state index contributed by atoms with van der Waals surface area (Å²) in [7, 11) is -4.31. The second-order valence-corrected chi connectivity index (χ2v) is 8.18. The van der Waals surface area contributed by atoms with Gasteiger partial charge in [-0.2, -0.15) is 17.5 Å². The van der Waals surface area contributed by atoms with Crippen LogP contribution in [-0.2, 0) is 14.8 Å². The molecular weight excluding hydrogens is 383 g/mol. The average molecular weight is 399 g/mol. The van der Waals surface area contributed by atoms with Gasteiger partial charge in [0.05, 0.1) is 16.7 Å². The predicted molar refractivity (Wildman–Crippen MR) is 91.3 cm³/mol. The Bertz CT molecular complexity index is 945. The Labute approximate surface area is 154 Å². The molecule has 0 spiro atoms. The molecule has 27 heavy (non-hydrogen) atoms. The fourth-order valence-electron chi connectivity index (χ4n) is 3.23. The minimum absolute atomic E-state index is 0.150. The molecule has 0 saturated carbocycles. The third-order valence-corrected chi connectivity index (χ3v) is 6.50. The van der Waals surface area contributed by atoms with Crippen LogP contribution in [0.1, 0.15) is 0 Å². The van der Waals surface area contributed by atoms with E-state index in [1.54, 1.807) is 42.5 Å². The van der Waals surface area contributed by atoms with Gasteiger partial charge in [-0.1, -0.05) is 48.5 Å². The molecule has 9 heteroatoms. The number of sulfonamides is 1. The Balaban J connectivity index is 2.03. The molecule has 0 amide bonds. The Morgan fingerprint density at radius 3 is 2.15 bits per heavy atom. The van der Waals surface area contributed by atoms with Gasteiger partial charge in [-0.25, -0.2) is 8.42 Å². The molecule has 5 nitrogen and oxygen atoms in total. The highest BCUT2D eigenvalue weighted by Crippen LogP contribution is 2.40. The zero-order valence-electron chi connectivity index (χ0n) is 13.9. The number of rotatable bonds is 4. The molecule has 0 aromatic heterocycles. The number of benzene rings is 2. The van der Waals surface area contributed by atoms with Crippen LogP contribution in [0.4, 0.5) is 13.2 Å². The summed E-state index contributed by atoms with van der Waals surface area (Å²) in [6.07, 6.45) is -4.80. The van der Waals surface area contributed by atoms with Crippen molar-refractivity contribution < 1.29 is 31.5 Å². The van der Waals surface area contributed by atoms with Gasteiger partial charge in [-0.05, 0) is 11.6 Å². The van der Waals surface area contributed by atoms with Gasteiger partial charge in [0.25, 0.3) is 0 Å². The van der Waals surface area contributed by atoms with E-state index in [4.69, 9.17) is 5.11 Å². The Hall–Kier alpha value is -2.39. The number of carboxylic acid groups (broad SMARTS) is 1. The van der Waals surface area contributed by atoms with E-state index in [0.717, 1.165) is 0 Å². The van der Waals surface area contributed by atoms with E-state index >= 15 is 0 Å². The van der Waals surface area contributed by atoms with Crippen molar-refractivity contribution in [3.8, 4) is 11.1 Å². The first-order valence-corrected chi connectivity index (χ1v) is 9.50. The van der Waals surface area contributed by atoms with Crippen LogP contribution < -0.4 is 0 Å². The van der Waals surface area contributed by atoms with Crippen molar-refractivity contribution in [3.05, 3.63) is 54.6 Å². The first kappa shape index (κ1) is 19.4. The minimum Gasteiger partial charge on any atom is -0.481 e. The molecule has 2 atom stereocenters. The molecule has 2 aromatic carbocycles. The van der Waals surface area contributed by atoms with Crippen LogP contribution in [0.15, 0.2) is 59.5 Å². The lowest BCUT2D eigenvalue weighted by atomic mass is 9.96. The maximum absolute atomic E-state index is 13.2. The van der Waals surface area contributed by atoms with Gasteiger partial charge >= 0.3 is 12.1 Å². The first-order valence-electron chi connectivity index (χ1n) is 8.06. The van der Waals surface area contributed by atoms with E-state index in [-0.39, 0.29) is 4.90 Å². The molecule has 1 fully saturated rings. The van der Waals surface area contributed by atoms with E-state index in [2.05, 4.69) is 0 Å². The molecule has 0 radical (unpaired) electrons. The number of carbonyl (C=O) groups is 1. The van der Waals surface area contributed by atoms with Crippen molar-refractivity contribution in [2.45, 2.75) is 11.1 Å². The van der Waals surface area contributed by atoms with Gasteiger partial charge < -0.3 is 5.11 Å². The van der Waals surface area contributed by atoms with Gasteiger partial charge in [-0.15, -0.1) is 0 Å². The lowest BCUT2D eigenvalue weighted by Crippen LogP contribution is -2.34. The predicted octanol–water partition coefficient (Wildman–Crippen LogP) is 3.24. The van der Waals surface area contributed by atoms with Crippen molar-refractivity contribution in [1.82, 2.24) is 4.31 Å². The zero-order chi connectivity index (χ0) is 19.8. The Morgan fingerprint density at radius 2 is 1.59 bits per heavy atom. The van der Waals surface area contributed by atoms with Gasteiger partial charge in [-0.3, -0.25) is 4.79 Å². The monoisotopic (exact) mass is 399 g/mol. The highest BCUT2D eigenvalue weighted by molar-refractivity contribution is 7.89. The van der Waals surface area contributed by atoms with Crippen LogP contribution in [0.2, 0.25) is 0 Å². The third kappa shape index (κ3) is 3.70. The Kier molecular flexibility index (Phi) is 5.00. The van der Waals surface area contributed by atoms with E-state index in [0.29, 0.717) is 15.4 Å². The number of hydrogen-bond acceptors (Lipinski definition) is 3. The number of carboxylic acids is 1. The second kappa shape index (κ2) is 6.97. The average Bonchev–Trinajstić information content (AvgIpc) is 3.09. The molecular formula is C18H16F3NO4S. The van der Waals surface area contributed by atoms with Crippen molar-refractivity contribution >= 4 is 16.0 Å². The first-order chi connectivity index (χ1) is 12.6. The molecule has 1 heterocycles. The van der Waals surface area contributed by atoms with Crippen LogP contribution in [0, 0.1) is 11.8 Å². The molecule has 0 aliphatic carbocycles. The summed E-state index contributed by atoms with van der Waals surface area (Å²) in [5, 5.41) is 9.11. The summed E-state index contributed by atoms with van der Waals surface area (Å²) in [6, 6.07) is 14.6. The van der Waals surface area contributed by atoms with Gasteiger partial charge in [0.1, 0.15) is 0 Å². The van der Waals surface area contributed by atoms with Crippen molar-refractivity contribution in [2.24, 2.45) is 11.8 Å². The summed E-state index contributed by atoms with van der Waals surface area (Å²) in [4.78, 5) is 11.1. The Morgan fingerprint density at radius 1 is 1.00 bits per heavy atom. The maximum atomic E-state index is 13.2. The van der Waals surface area contributed by atoms with Crippen LogP contribution in [0.5, 0.6) is 0 Å². The zero-order valence-corrected chi connectivity index (χ0v) is 14.7. The van der Waals surface area contributed by atoms with Crippen LogP contribution in [0.3, 0.4) is 0 Å². The molecule has 144 valence electrons. The summed E-state index contributed by atoms with van der Waals surface area (Å²) in [6.45, 7) is -1.63. The summed E-state index contributed by atoms with van der Waals surface area (Å²) < 4.78 is 66.3. The fraction of sp³-hybridized carbons (Fsp3) is 0.278. The molecule has 1 aliphatic rings. The molecule has 0 bridgehead atoms. The van der Waals surface area contributed by atoms with E-state index < -0.39 is 47.1 Å². The lowest BCUT2D eigenvalue weighted by molar-refractivity contribution is -0.187. The molecule has 1 saturated heterocycles. The molecule has 0 unspecified atom stereocenters. The van der Waals surface area contributed by atoms with Crippen molar-refractivity contribution in [3.63, 3.8) is 0 Å². The molecule has 1 aliphatic heterocycles. The maximum Gasteiger partial charge on any atom is 0.393 e. The summed E-state index contributed by atoms with van der Waals surface area (Å²) in [5.74, 6) is -5.73. The standard InChI is InChI=1S/C18H16F3NO4S/c19-18(20,21)15-11-22(10-14(15)17(23)24)27(25,26)16-9-5-4-8-13(16)12-6-2-1-3-7-12/h1-9,14-15H,10-11H2,(H,23,24)/t14-,15-/m1/s1. The van der Waals surface area contributed by atoms with Gasteiger partial charge in [0.15, 0.2) is 0 Å². The number of aliphatic carboxylic acids is 1. The smallest absolute Gasteiger partial charge is 0.393 e. The quantitative estimate of drug-likeness (QED) is 0.857. The van der Waals surface area contributed by atoms with E-state index in [9.17, 15) is 26.4 Å². The van der Waals surface area contributed by atoms with Crippen LogP contribution in [-0.4, -0.2) is 43.1 Å². The van der Waals surface area contributed by atoms with Crippen LogP contribution >= 0.6 is 0 Å². The summed E-state index contributed by atoms with van der Waals surface area (Å²) in [5.41, 5.74) is 0.943. The molecule has 3 rings (SSSR count). The number of alkyl halides is 3. The SMILES string of the molecule is O=C(O)[C@@H]1CN(S(=O)(=O)c2ccccc2-c2ccccc2)C[C@H]1C(F)(F)F. The topological polar surface area (TPSA) is 74.7 Å². The second-order valence-electron chi connectivity index (χ2n) is 6.28. The van der Waals surface area contributed by atoms with E-state index in [1.807, 2.05) is 0 Å². The third-order valence-electron chi connectivity index (χ3n) is 4.61. The number of nitrogens with zero attached hydrogens (tertiary/aromatic N) is 1. The highest BCUT2D eigenvalue weighted by atomic mass is 32.2. The highest BCUT2D eigenvalue weighted by Gasteiger charge is 2.55. The van der Waals surface area contributed by atoms with Gasteiger partial charge in [0.2, 0.25) is 10.0 Å². The van der Waals surface area contributed by atoms with E-state index in [1.165, 1.54) is 12.1 Å². The lowest BCUT2D eigenvalue weighted by Gasteiger charge is -2.19. The van der Waals surface area contributed by atoms with Crippen LogP contribution in [0.25, 0.3) is 11.1 Å². The normalized spacial score (nSPS) is 21.3. The van der Waals surface area contributed by atoms with Crippen molar-refractivity contribution in [1.29, 1.82) is 0 Å². The van der Waals surface area contributed by atoms with Crippen molar-refractivity contribution in [2.75, 3.05) is 13.1 Å². The number of halogens is 3. The minimum atomic E-state index is -4.80. The molecule has 1 N–H and O–H groups in total. The molecule has 2 aromatic rings. The largest absolute Gasteiger partial charge is 0.481 e. The van der Waals surface area contributed by atoms with Gasteiger partial charge in [0, 0.05) is 18.7 Å². The fourth-order valence-corrected chi connectivity index (χ4v) is 4.94.